The number of nitrogens with zero attached hydrogens (tertiary/aromatic N) is 2. The number of methoxy groups -OCH3 is 1. The standard InChI is InChI=1S/C26H27N5O6/c1-15(22(32)28-16(2)24(34)36-6)27-23(33)20-19-9-7-8-14-31(19)21(30-20)17-10-12-18(13-11-17)29-25(35)37-26(3,4)5/h7-14H,1-2H2,3-6H3,(H,27,33)(H,28,32)(H,29,35). The van der Waals surface area contributed by atoms with E-state index in [1.807, 2.05) is 0 Å². The van der Waals surface area contributed by atoms with Crippen LogP contribution in [-0.4, -0.2) is 46.0 Å². The van der Waals surface area contributed by atoms with E-state index in [2.05, 4.69) is 38.8 Å². The summed E-state index contributed by atoms with van der Waals surface area (Å²) >= 11 is 0. The highest BCUT2D eigenvalue weighted by Gasteiger charge is 2.22. The Morgan fingerprint density at radius 3 is 2.24 bits per heavy atom. The van der Waals surface area contributed by atoms with Crippen molar-refractivity contribution in [3.05, 3.63) is 78.9 Å². The van der Waals surface area contributed by atoms with Gasteiger partial charge >= 0.3 is 12.1 Å². The van der Waals surface area contributed by atoms with Gasteiger partial charge in [0.05, 0.1) is 18.3 Å². The lowest BCUT2D eigenvalue weighted by Gasteiger charge is -2.19. The smallest absolute Gasteiger partial charge is 0.412 e. The van der Waals surface area contributed by atoms with Gasteiger partial charge < -0.3 is 20.1 Å². The molecule has 192 valence electrons. The van der Waals surface area contributed by atoms with Crippen molar-refractivity contribution in [1.29, 1.82) is 0 Å². The zero-order chi connectivity index (χ0) is 27.3. The maximum absolute atomic E-state index is 13.0. The molecule has 0 saturated carbocycles. The van der Waals surface area contributed by atoms with E-state index >= 15 is 0 Å². The van der Waals surface area contributed by atoms with Gasteiger partial charge in [0.2, 0.25) is 0 Å². The lowest BCUT2D eigenvalue weighted by Crippen LogP contribution is -2.35. The monoisotopic (exact) mass is 505 g/mol. The molecule has 1 aromatic carbocycles. The van der Waals surface area contributed by atoms with E-state index in [9.17, 15) is 19.2 Å². The second-order valence-corrected chi connectivity index (χ2v) is 8.80. The number of pyridine rings is 1. The summed E-state index contributed by atoms with van der Waals surface area (Å²) < 4.78 is 11.4. The summed E-state index contributed by atoms with van der Waals surface area (Å²) in [5.74, 6) is -1.88. The Labute approximate surface area is 213 Å². The molecule has 0 saturated heterocycles. The average molecular weight is 506 g/mol. The third kappa shape index (κ3) is 6.60. The van der Waals surface area contributed by atoms with Crippen molar-refractivity contribution in [3.63, 3.8) is 0 Å². The van der Waals surface area contributed by atoms with Crippen LogP contribution in [0.2, 0.25) is 0 Å². The molecule has 37 heavy (non-hydrogen) atoms. The third-order valence-electron chi connectivity index (χ3n) is 4.79. The Morgan fingerprint density at radius 1 is 0.946 bits per heavy atom. The number of imidazole rings is 1. The van der Waals surface area contributed by atoms with Crippen LogP contribution < -0.4 is 16.0 Å². The van der Waals surface area contributed by atoms with Crippen LogP contribution in [0, 0.1) is 0 Å². The van der Waals surface area contributed by atoms with Crippen molar-refractivity contribution in [2.24, 2.45) is 0 Å². The molecule has 0 aliphatic carbocycles. The van der Waals surface area contributed by atoms with Gasteiger partial charge in [-0.1, -0.05) is 19.2 Å². The summed E-state index contributed by atoms with van der Waals surface area (Å²) in [6.45, 7) is 12.3. The molecule has 0 atom stereocenters. The number of nitrogens with one attached hydrogen (secondary N) is 3. The van der Waals surface area contributed by atoms with Gasteiger partial charge in [0.25, 0.3) is 11.8 Å². The van der Waals surface area contributed by atoms with Crippen LogP contribution in [0.1, 0.15) is 31.3 Å². The molecular weight excluding hydrogens is 478 g/mol. The van der Waals surface area contributed by atoms with Crippen LogP contribution in [0.4, 0.5) is 10.5 Å². The molecule has 2 heterocycles. The van der Waals surface area contributed by atoms with Crippen LogP contribution in [-0.2, 0) is 19.1 Å². The fourth-order valence-corrected chi connectivity index (χ4v) is 3.17. The highest BCUT2D eigenvalue weighted by molar-refractivity contribution is 6.07. The zero-order valence-corrected chi connectivity index (χ0v) is 20.9. The summed E-state index contributed by atoms with van der Waals surface area (Å²) in [5.41, 5.74) is 0.476. The number of aromatic nitrogens is 2. The first kappa shape index (κ1) is 26.7. The van der Waals surface area contributed by atoms with E-state index in [1.54, 1.807) is 73.8 Å². The maximum Gasteiger partial charge on any atom is 0.412 e. The summed E-state index contributed by atoms with van der Waals surface area (Å²) in [6, 6.07) is 12.1. The Kier molecular flexibility index (Phi) is 7.76. The number of benzene rings is 1. The first-order valence-electron chi connectivity index (χ1n) is 11.1. The summed E-state index contributed by atoms with van der Waals surface area (Å²) in [4.78, 5) is 53.2. The normalized spacial score (nSPS) is 10.8. The Bertz CT molecular complexity index is 1400. The third-order valence-corrected chi connectivity index (χ3v) is 4.79. The van der Waals surface area contributed by atoms with Gasteiger partial charge in [0.1, 0.15) is 17.1 Å². The van der Waals surface area contributed by atoms with Gasteiger partial charge in [-0.2, -0.15) is 0 Å². The number of carbonyl (C=O) groups is 4. The maximum atomic E-state index is 13.0. The number of esters is 1. The predicted molar refractivity (Wildman–Crippen MR) is 136 cm³/mol. The van der Waals surface area contributed by atoms with Crippen molar-refractivity contribution in [2.75, 3.05) is 12.4 Å². The first-order valence-corrected chi connectivity index (χ1v) is 11.1. The van der Waals surface area contributed by atoms with E-state index in [4.69, 9.17) is 4.74 Å². The molecule has 0 bridgehead atoms. The van der Waals surface area contributed by atoms with Gasteiger partial charge in [-0.3, -0.25) is 19.3 Å². The second-order valence-electron chi connectivity index (χ2n) is 8.80. The number of anilines is 1. The van der Waals surface area contributed by atoms with Crippen molar-refractivity contribution >= 4 is 35.1 Å². The molecule has 0 aliphatic heterocycles. The number of rotatable bonds is 7. The van der Waals surface area contributed by atoms with Crippen LogP contribution in [0.5, 0.6) is 0 Å². The van der Waals surface area contributed by atoms with Crippen LogP contribution in [0.25, 0.3) is 16.9 Å². The molecule has 0 fully saturated rings. The van der Waals surface area contributed by atoms with E-state index in [0.29, 0.717) is 22.6 Å². The molecule has 2 aromatic heterocycles. The van der Waals surface area contributed by atoms with Crippen LogP contribution in [0.3, 0.4) is 0 Å². The molecule has 0 radical (unpaired) electrons. The number of carbonyl (C=O) groups excluding carboxylic acids is 4. The summed E-state index contributed by atoms with van der Waals surface area (Å²) in [5, 5.41) is 7.25. The molecule has 0 aliphatic rings. The second kappa shape index (κ2) is 10.8. The lowest BCUT2D eigenvalue weighted by molar-refractivity contribution is -0.137. The number of ether oxygens (including phenoxy) is 2. The molecule has 11 nitrogen and oxygen atoms in total. The van der Waals surface area contributed by atoms with E-state index in [1.165, 1.54) is 0 Å². The van der Waals surface area contributed by atoms with Crippen molar-refractivity contribution in [1.82, 2.24) is 20.0 Å². The minimum Gasteiger partial charge on any atom is -0.464 e. The lowest BCUT2D eigenvalue weighted by atomic mass is 10.2. The number of fused-ring (bicyclic) bond motifs is 1. The molecule has 3 aromatic rings. The summed E-state index contributed by atoms with van der Waals surface area (Å²) in [6.07, 6.45) is 1.16. The highest BCUT2D eigenvalue weighted by atomic mass is 16.6. The van der Waals surface area contributed by atoms with Gasteiger partial charge in [0.15, 0.2) is 5.69 Å². The molecule has 0 spiro atoms. The van der Waals surface area contributed by atoms with Crippen molar-refractivity contribution < 1.29 is 28.7 Å². The fourth-order valence-electron chi connectivity index (χ4n) is 3.17. The predicted octanol–water partition coefficient (Wildman–Crippen LogP) is 3.39. The molecule has 3 N–H and O–H groups in total. The number of amides is 3. The van der Waals surface area contributed by atoms with Gasteiger partial charge in [0, 0.05) is 17.4 Å². The largest absolute Gasteiger partial charge is 0.464 e. The van der Waals surface area contributed by atoms with Crippen LogP contribution in [0.15, 0.2) is 73.2 Å². The highest BCUT2D eigenvalue weighted by Crippen LogP contribution is 2.25. The molecule has 0 unspecified atom stereocenters. The van der Waals surface area contributed by atoms with E-state index in [-0.39, 0.29) is 17.1 Å². The fraction of sp³-hybridized carbons (Fsp3) is 0.192. The van der Waals surface area contributed by atoms with E-state index in [0.717, 1.165) is 7.11 Å². The number of hydrogen-bond acceptors (Lipinski definition) is 7. The topological polar surface area (TPSA) is 140 Å². The van der Waals surface area contributed by atoms with Crippen molar-refractivity contribution in [3.8, 4) is 11.4 Å². The van der Waals surface area contributed by atoms with Crippen molar-refractivity contribution in [2.45, 2.75) is 26.4 Å². The molecule has 3 rings (SSSR count). The van der Waals surface area contributed by atoms with Crippen LogP contribution >= 0.6 is 0 Å². The molecule has 11 heteroatoms. The first-order chi connectivity index (χ1) is 17.4. The zero-order valence-electron chi connectivity index (χ0n) is 20.9. The molecule has 3 amide bonds. The quantitative estimate of drug-likeness (QED) is 0.330. The van der Waals surface area contributed by atoms with Gasteiger partial charge in [-0.25, -0.2) is 14.6 Å². The van der Waals surface area contributed by atoms with Gasteiger partial charge in [-0.05, 0) is 57.2 Å². The Balaban J connectivity index is 1.81. The summed E-state index contributed by atoms with van der Waals surface area (Å²) in [7, 11) is 1.14. The average Bonchev–Trinajstić information content (AvgIpc) is 3.22. The Hall–Kier alpha value is -4.93. The van der Waals surface area contributed by atoms with E-state index < -0.39 is 29.5 Å². The SMILES string of the molecule is C=C(NC(=O)c1nc(-c2ccc(NC(=O)OC(C)(C)C)cc2)n2ccccc12)C(=O)NC(=C)C(=O)OC. The minimum absolute atomic E-state index is 0.0484. The van der Waals surface area contributed by atoms with Gasteiger partial charge in [-0.15, -0.1) is 0 Å². The number of hydrogen-bond donors (Lipinski definition) is 3. The minimum atomic E-state index is -0.833. The molecular formula is C26H27N5O6. The Morgan fingerprint density at radius 2 is 1.62 bits per heavy atom.